The Morgan fingerprint density at radius 3 is 2.73 bits per heavy atom. The number of para-hydroxylation sites is 2. The summed E-state index contributed by atoms with van der Waals surface area (Å²) in [5.41, 5.74) is 2.02. The largest absolute Gasteiger partial charge is 0.465 e. The van der Waals surface area contributed by atoms with Crippen molar-refractivity contribution in [2.24, 2.45) is 0 Å². The van der Waals surface area contributed by atoms with E-state index >= 15 is 0 Å². The lowest BCUT2D eigenvalue weighted by Gasteiger charge is -2.10. The minimum Gasteiger partial charge on any atom is -0.465 e. The molecule has 0 aliphatic heterocycles. The fraction of sp³-hybridized carbons (Fsp3) is 0.222. The quantitative estimate of drug-likeness (QED) is 0.669. The maximum absolute atomic E-state index is 12.5. The van der Waals surface area contributed by atoms with Gasteiger partial charge in [-0.2, -0.15) is 0 Å². The summed E-state index contributed by atoms with van der Waals surface area (Å²) in [6.07, 6.45) is 0. The fourth-order valence-electron chi connectivity index (χ4n) is 2.76. The number of sulfonamides is 1. The van der Waals surface area contributed by atoms with E-state index in [-0.39, 0.29) is 17.0 Å². The smallest absolute Gasteiger partial charge is 0.337 e. The molecule has 0 fully saturated rings. The number of imidazole rings is 1. The number of rotatable bonds is 6. The van der Waals surface area contributed by atoms with E-state index in [0.29, 0.717) is 6.54 Å². The molecule has 0 bridgehead atoms. The monoisotopic (exact) mass is 373 g/mol. The lowest BCUT2D eigenvalue weighted by atomic mass is 10.2. The number of methoxy groups -OCH3 is 1. The molecule has 136 valence electrons. The summed E-state index contributed by atoms with van der Waals surface area (Å²) >= 11 is 0. The predicted molar refractivity (Wildman–Crippen MR) is 97.4 cm³/mol. The number of hydrogen-bond donors (Lipinski definition) is 1. The topological polar surface area (TPSA) is 90.3 Å². The summed E-state index contributed by atoms with van der Waals surface area (Å²) in [7, 11) is -2.49. The normalized spacial score (nSPS) is 11.6. The van der Waals surface area contributed by atoms with Gasteiger partial charge in [-0.05, 0) is 37.3 Å². The highest BCUT2D eigenvalue weighted by molar-refractivity contribution is 7.89. The van der Waals surface area contributed by atoms with E-state index in [1.165, 1.54) is 31.4 Å². The van der Waals surface area contributed by atoms with Crippen molar-refractivity contribution in [2.75, 3.05) is 13.7 Å². The van der Waals surface area contributed by atoms with Gasteiger partial charge in [-0.25, -0.2) is 22.9 Å². The second kappa shape index (κ2) is 7.27. The highest BCUT2D eigenvalue weighted by Gasteiger charge is 2.16. The van der Waals surface area contributed by atoms with Crippen molar-refractivity contribution in [2.45, 2.75) is 18.4 Å². The second-order valence-corrected chi connectivity index (χ2v) is 7.48. The molecule has 0 amide bonds. The van der Waals surface area contributed by atoms with Crippen LogP contribution in [0.5, 0.6) is 0 Å². The van der Waals surface area contributed by atoms with Crippen molar-refractivity contribution >= 4 is 27.0 Å². The molecule has 3 aromatic rings. The first-order valence-electron chi connectivity index (χ1n) is 8.02. The fourth-order valence-corrected chi connectivity index (χ4v) is 3.83. The first-order chi connectivity index (χ1) is 12.4. The molecular weight excluding hydrogens is 354 g/mol. The van der Waals surface area contributed by atoms with Crippen LogP contribution in [0.15, 0.2) is 53.4 Å². The van der Waals surface area contributed by atoms with Crippen molar-refractivity contribution in [1.29, 1.82) is 0 Å². The van der Waals surface area contributed by atoms with Crippen LogP contribution in [-0.4, -0.2) is 37.6 Å². The van der Waals surface area contributed by atoms with Gasteiger partial charge in [-0.3, -0.25) is 0 Å². The summed E-state index contributed by atoms with van der Waals surface area (Å²) in [5.74, 6) is 0.237. The van der Waals surface area contributed by atoms with E-state index < -0.39 is 16.0 Å². The van der Waals surface area contributed by atoms with Gasteiger partial charge in [0.15, 0.2) is 0 Å². The summed E-state index contributed by atoms with van der Waals surface area (Å²) in [6, 6.07) is 13.4. The minimum absolute atomic E-state index is 0.0209. The third-order valence-corrected chi connectivity index (χ3v) is 5.50. The van der Waals surface area contributed by atoms with E-state index in [1.54, 1.807) is 0 Å². The Labute approximate surface area is 151 Å². The molecule has 0 spiro atoms. The van der Waals surface area contributed by atoms with Crippen molar-refractivity contribution in [1.82, 2.24) is 14.3 Å². The number of carbonyl (C=O) groups is 1. The summed E-state index contributed by atoms with van der Waals surface area (Å²) in [4.78, 5) is 16.1. The highest BCUT2D eigenvalue weighted by atomic mass is 32.2. The van der Waals surface area contributed by atoms with Gasteiger partial charge in [0.1, 0.15) is 5.82 Å². The number of ether oxygens (including phenoxy) is 1. The van der Waals surface area contributed by atoms with Crippen LogP contribution in [0, 0.1) is 6.92 Å². The molecule has 3 rings (SSSR count). The third-order valence-electron chi connectivity index (χ3n) is 4.04. The van der Waals surface area contributed by atoms with Crippen LogP contribution in [0.3, 0.4) is 0 Å². The van der Waals surface area contributed by atoms with Crippen LogP contribution < -0.4 is 4.72 Å². The molecule has 8 heteroatoms. The van der Waals surface area contributed by atoms with Gasteiger partial charge in [-0.15, -0.1) is 0 Å². The molecule has 0 saturated carbocycles. The number of hydrogen-bond acceptors (Lipinski definition) is 5. The van der Waals surface area contributed by atoms with Crippen molar-refractivity contribution in [3.8, 4) is 0 Å². The molecule has 0 unspecified atom stereocenters. The van der Waals surface area contributed by atoms with Crippen LogP contribution >= 0.6 is 0 Å². The molecule has 0 aliphatic rings. The second-order valence-electron chi connectivity index (χ2n) is 5.72. The lowest BCUT2D eigenvalue weighted by Crippen LogP contribution is -2.27. The van der Waals surface area contributed by atoms with Crippen LogP contribution in [0.25, 0.3) is 11.0 Å². The molecule has 0 radical (unpaired) electrons. The zero-order valence-corrected chi connectivity index (χ0v) is 15.3. The van der Waals surface area contributed by atoms with Gasteiger partial charge in [0.2, 0.25) is 10.0 Å². The summed E-state index contributed by atoms with van der Waals surface area (Å²) in [5, 5.41) is 0. The maximum Gasteiger partial charge on any atom is 0.337 e. The summed E-state index contributed by atoms with van der Waals surface area (Å²) in [6.45, 7) is 2.53. The molecule has 0 saturated heterocycles. The van der Waals surface area contributed by atoms with Gasteiger partial charge in [0.25, 0.3) is 0 Å². The van der Waals surface area contributed by atoms with Crippen LogP contribution in [0.1, 0.15) is 16.2 Å². The average molecular weight is 373 g/mol. The molecule has 1 aromatic heterocycles. The molecule has 1 N–H and O–H groups in total. The van der Waals surface area contributed by atoms with Gasteiger partial charge >= 0.3 is 5.97 Å². The molecule has 2 aromatic carbocycles. The molecule has 0 aliphatic carbocycles. The standard InChI is InChI=1S/C18H19N3O4S/c1-13-20-16-8-3-4-9-17(16)21(13)11-10-19-26(23,24)15-7-5-6-14(12-15)18(22)25-2/h3-9,12,19H,10-11H2,1-2H3. The Balaban J connectivity index is 1.74. The van der Waals surface area contributed by atoms with Crippen LogP contribution in [0.2, 0.25) is 0 Å². The Morgan fingerprint density at radius 2 is 1.96 bits per heavy atom. The number of fused-ring (bicyclic) bond motifs is 1. The van der Waals surface area contributed by atoms with E-state index in [1.807, 2.05) is 35.8 Å². The molecule has 1 heterocycles. The Bertz CT molecular complexity index is 1060. The number of aromatic nitrogens is 2. The lowest BCUT2D eigenvalue weighted by molar-refractivity contribution is 0.0600. The van der Waals surface area contributed by atoms with E-state index in [0.717, 1.165) is 16.9 Å². The number of esters is 1. The molecular formula is C18H19N3O4S. The number of carbonyl (C=O) groups excluding carboxylic acids is 1. The van der Waals surface area contributed by atoms with Crippen molar-refractivity contribution in [3.05, 3.63) is 59.9 Å². The van der Waals surface area contributed by atoms with Crippen molar-refractivity contribution < 1.29 is 17.9 Å². The van der Waals surface area contributed by atoms with E-state index in [2.05, 4.69) is 14.4 Å². The zero-order chi connectivity index (χ0) is 18.7. The minimum atomic E-state index is -3.74. The van der Waals surface area contributed by atoms with E-state index in [9.17, 15) is 13.2 Å². The molecule has 26 heavy (non-hydrogen) atoms. The SMILES string of the molecule is COC(=O)c1cccc(S(=O)(=O)NCCn2c(C)nc3ccccc32)c1. The first-order valence-corrected chi connectivity index (χ1v) is 9.50. The van der Waals surface area contributed by atoms with Gasteiger partial charge in [-0.1, -0.05) is 18.2 Å². The number of benzene rings is 2. The van der Waals surface area contributed by atoms with Crippen LogP contribution in [0.4, 0.5) is 0 Å². The van der Waals surface area contributed by atoms with Gasteiger partial charge in [0, 0.05) is 13.1 Å². The number of nitrogens with one attached hydrogen (secondary N) is 1. The molecule has 7 nitrogen and oxygen atoms in total. The average Bonchev–Trinajstić information content (AvgIpc) is 2.96. The molecule has 0 atom stereocenters. The van der Waals surface area contributed by atoms with E-state index in [4.69, 9.17) is 0 Å². The highest BCUT2D eigenvalue weighted by Crippen LogP contribution is 2.16. The van der Waals surface area contributed by atoms with Crippen molar-refractivity contribution in [3.63, 3.8) is 0 Å². The zero-order valence-electron chi connectivity index (χ0n) is 14.5. The number of nitrogens with zero attached hydrogens (tertiary/aromatic N) is 2. The predicted octanol–water partition coefficient (Wildman–Crippen LogP) is 2.11. The van der Waals surface area contributed by atoms with Crippen LogP contribution in [-0.2, 0) is 21.3 Å². The number of aryl methyl sites for hydroxylation is 1. The Morgan fingerprint density at radius 1 is 1.19 bits per heavy atom. The first kappa shape index (κ1) is 18.1. The van der Waals surface area contributed by atoms with Gasteiger partial charge < -0.3 is 9.30 Å². The van der Waals surface area contributed by atoms with Gasteiger partial charge in [0.05, 0.1) is 28.6 Å². The Hall–Kier alpha value is -2.71. The maximum atomic E-state index is 12.5. The third kappa shape index (κ3) is 3.61. The summed E-state index contributed by atoms with van der Waals surface area (Å²) < 4.78 is 34.1. The Kier molecular flexibility index (Phi) is 5.06.